The van der Waals surface area contributed by atoms with E-state index in [1.165, 1.54) is 0 Å². The maximum absolute atomic E-state index is 8.88. The zero-order valence-corrected chi connectivity index (χ0v) is 9.67. The Kier molecular flexibility index (Phi) is 2.62. The first-order chi connectivity index (χ1) is 8.86. The van der Waals surface area contributed by atoms with Crippen LogP contribution < -0.4 is 9.47 Å². The summed E-state index contributed by atoms with van der Waals surface area (Å²) < 4.78 is 11.5. The molecule has 0 saturated carbocycles. The van der Waals surface area contributed by atoms with Crippen LogP contribution in [0.3, 0.4) is 0 Å². The molecule has 3 rings (SSSR count). The largest absolute Gasteiger partial charge is 0.485 e. The fourth-order valence-electron chi connectivity index (χ4n) is 1.97. The first kappa shape index (κ1) is 10.7. The average Bonchev–Trinajstić information content (AvgIpc) is 2.47. The summed E-state index contributed by atoms with van der Waals surface area (Å²) in [6, 6.07) is 17.2. The van der Waals surface area contributed by atoms with Gasteiger partial charge in [-0.2, -0.15) is 5.26 Å². The van der Waals surface area contributed by atoms with E-state index in [9.17, 15) is 0 Å². The van der Waals surface area contributed by atoms with E-state index in [1.54, 1.807) is 18.2 Å². The molecule has 1 heterocycles. The second kappa shape index (κ2) is 4.42. The lowest BCUT2D eigenvalue weighted by atomic mass is 10.1. The van der Waals surface area contributed by atoms with Crippen molar-refractivity contribution in [3.05, 3.63) is 59.7 Å². The van der Waals surface area contributed by atoms with E-state index in [-0.39, 0.29) is 6.10 Å². The third-order valence-electron chi connectivity index (χ3n) is 2.90. The molecule has 3 nitrogen and oxygen atoms in total. The summed E-state index contributed by atoms with van der Waals surface area (Å²) in [6.45, 7) is 0.489. The molecule has 2 aromatic carbocycles. The Morgan fingerprint density at radius 2 is 1.89 bits per heavy atom. The number of benzene rings is 2. The van der Waals surface area contributed by atoms with Crippen LogP contribution in [-0.2, 0) is 0 Å². The van der Waals surface area contributed by atoms with Gasteiger partial charge in [-0.1, -0.05) is 30.3 Å². The third kappa shape index (κ3) is 1.89. The van der Waals surface area contributed by atoms with E-state index < -0.39 is 0 Å². The third-order valence-corrected chi connectivity index (χ3v) is 2.90. The molecule has 1 aliphatic rings. The van der Waals surface area contributed by atoms with Crippen LogP contribution >= 0.6 is 0 Å². The van der Waals surface area contributed by atoms with Crippen LogP contribution in [-0.4, -0.2) is 6.61 Å². The highest BCUT2D eigenvalue weighted by atomic mass is 16.6. The fraction of sp³-hybridized carbons (Fsp3) is 0.133. The number of nitrogens with zero attached hydrogens (tertiary/aromatic N) is 1. The van der Waals surface area contributed by atoms with Crippen molar-refractivity contribution in [2.45, 2.75) is 6.10 Å². The Bertz CT molecular complexity index is 602. The predicted molar refractivity (Wildman–Crippen MR) is 66.5 cm³/mol. The Morgan fingerprint density at radius 1 is 1.06 bits per heavy atom. The normalized spacial score (nSPS) is 16.9. The van der Waals surface area contributed by atoms with Crippen molar-refractivity contribution in [2.75, 3.05) is 6.61 Å². The van der Waals surface area contributed by atoms with Gasteiger partial charge in [0.2, 0.25) is 0 Å². The van der Waals surface area contributed by atoms with Crippen molar-refractivity contribution < 1.29 is 9.47 Å². The summed E-state index contributed by atoms with van der Waals surface area (Å²) in [5, 5.41) is 8.88. The number of fused-ring (bicyclic) bond motifs is 1. The Morgan fingerprint density at radius 3 is 2.67 bits per heavy atom. The molecule has 0 saturated heterocycles. The van der Waals surface area contributed by atoms with Crippen molar-refractivity contribution in [1.29, 1.82) is 5.26 Å². The fourth-order valence-corrected chi connectivity index (χ4v) is 1.97. The lowest BCUT2D eigenvalue weighted by Gasteiger charge is -2.26. The molecule has 1 aliphatic heterocycles. The first-order valence-corrected chi connectivity index (χ1v) is 5.75. The predicted octanol–water partition coefficient (Wildman–Crippen LogP) is 3.07. The van der Waals surface area contributed by atoms with Crippen LogP contribution in [0.2, 0.25) is 0 Å². The van der Waals surface area contributed by atoms with Crippen LogP contribution in [0.4, 0.5) is 0 Å². The van der Waals surface area contributed by atoms with E-state index in [0.717, 1.165) is 5.56 Å². The van der Waals surface area contributed by atoms with E-state index in [2.05, 4.69) is 6.07 Å². The molecule has 1 atom stereocenters. The van der Waals surface area contributed by atoms with Crippen LogP contribution in [0.25, 0.3) is 0 Å². The molecule has 0 fully saturated rings. The van der Waals surface area contributed by atoms with Crippen molar-refractivity contribution in [3.8, 4) is 17.6 Å². The van der Waals surface area contributed by atoms with Crippen molar-refractivity contribution in [1.82, 2.24) is 0 Å². The van der Waals surface area contributed by atoms with Gasteiger partial charge in [-0.15, -0.1) is 0 Å². The number of hydrogen-bond donors (Lipinski definition) is 0. The molecule has 0 radical (unpaired) electrons. The second-order valence-electron chi connectivity index (χ2n) is 4.10. The van der Waals surface area contributed by atoms with E-state index >= 15 is 0 Å². The minimum atomic E-state index is -0.118. The summed E-state index contributed by atoms with van der Waals surface area (Å²) >= 11 is 0. The summed E-state index contributed by atoms with van der Waals surface area (Å²) in [7, 11) is 0. The van der Waals surface area contributed by atoms with Crippen LogP contribution in [0.5, 0.6) is 11.5 Å². The SMILES string of the molecule is N#Cc1ccc2c(c1)OC(c1ccccc1)CO2. The minimum Gasteiger partial charge on any atom is -0.485 e. The molecule has 0 aromatic heterocycles. The Balaban J connectivity index is 1.91. The van der Waals surface area contributed by atoms with E-state index in [0.29, 0.717) is 23.7 Å². The summed E-state index contributed by atoms with van der Waals surface area (Å²) in [4.78, 5) is 0. The monoisotopic (exact) mass is 237 g/mol. The van der Waals surface area contributed by atoms with Gasteiger partial charge < -0.3 is 9.47 Å². The molecule has 2 aromatic rings. The quantitative estimate of drug-likeness (QED) is 0.765. The molecule has 0 bridgehead atoms. The van der Waals surface area contributed by atoms with Crippen LogP contribution in [0.15, 0.2) is 48.5 Å². The highest BCUT2D eigenvalue weighted by Crippen LogP contribution is 2.36. The zero-order valence-electron chi connectivity index (χ0n) is 9.67. The number of ether oxygens (including phenoxy) is 2. The topological polar surface area (TPSA) is 42.2 Å². The highest BCUT2D eigenvalue weighted by molar-refractivity contribution is 5.48. The standard InChI is InChI=1S/C15H11NO2/c16-9-11-6-7-13-14(8-11)18-15(10-17-13)12-4-2-1-3-5-12/h1-8,15H,10H2. The van der Waals surface area contributed by atoms with Crippen LogP contribution in [0, 0.1) is 11.3 Å². The smallest absolute Gasteiger partial charge is 0.163 e. The van der Waals surface area contributed by atoms with Gasteiger partial charge in [0.25, 0.3) is 0 Å². The van der Waals surface area contributed by atoms with Crippen molar-refractivity contribution >= 4 is 0 Å². The van der Waals surface area contributed by atoms with Gasteiger partial charge in [-0.25, -0.2) is 0 Å². The van der Waals surface area contributed by atoms with Gasteiger partial charge in [-0.3, -0.25) is 0 Å². The molecular weight excluding hydrogens is 226 g/mol. The molecule has 0 spiro atoms. The first-order valence-electron chi connectivity index (χ1n) is 5.75. The molecule has 0 N–H and O–H groups in total. The molecular formula is C15H11NO2. The van der Waals surface area contributed by atoms with Crippen molar-refractivity contribution in [2.24, 2.45) is 0 Å². The lowest BCUT2D eigenvalue weighted by Crippen LogP contribution is -2.21. The maximum Gasteiger partial charge on any atom is 0.163 e. The summed E-state index contributed by atoms with van der Waals surface area (Å²) in [5.74, 6) is 1.33. The Labute approximate surface area is 105 Å². The van der Waals surface area contributed by atoms with Gasteiger partial charge in [0.15, 0.2) is 17.6 Å². The van der Waals surface area contributed by atoms with E-state index in [1.807, 2.05) is 30.3 Å². The molecule has 18 heavy (non-hydrogen) atoms. The Hall–Kier alpha value is -2.47. The highest BCUT2D eigenvalue weighted by Gasteiger charge is 2.22. The maximum atomic E-state index is 8.88. The lowest BCUT2D eigenvalue weighted by molar-refractivity contribution is 0.0912. The summed E-state index contributed by atoms with van der Waals surface area (Å²) in [5.41, 5.74) is 1.65. The van der Waals surface area contributed by atoms with Crippen LogP contribution in [0.1, 0.15) is 17.2 Å². The zero-order chi connectivity index (χ0) is 12.4. The number of nitriles is 1. The van der Waals surface area contributed by atoms with Gasteiger partial charge in [0, 0.05) is 6.07 Å². The number of rotatable bonds is 1. The molecule has 0 aliphatic carbocycles. The molecule has 0 amide bonds. The second-order valence-corrected chi connectivity index (χ2v) is 4.10. The average molecular weight is 237 g/mol. The van der Waals surface area contributed by atoms with Gasteiger partial charge in [0.1, 0.15) is 6.61 Å². The molecule has 1 unspecified atom stereocenters. The summed E-state index contributed by atoms with van der Waals surface area (Å²) in [6.07, 6.45) is -0.118. The molecule has 3 heteroatoms. The number of hydrogen-bond acceptors (Lipinski definition) is 3. The minimum absolute atomic E-state index is 0.118. The van der Waals surface area contributed by atoms with Gasteiger partial charge in [0.05, 0.1) is 11.6 Å². The van der Waals surface area contributed by atoms with Gasteiger partial charge >= 0.3 is 0 Å². The van der Waals surface area contributed by atoms with Crippen molar-refractivity contribution in [3.63, 3.8) is 0 Å². The van der Waals surface area contributed by atoms with Gasteiger partial charge in [-0.05, 0) is 17.7 Å². The van der Waals surface area contributed by atoms with E-state index in [4.69, 9.17) is 14.7 Å². The molecule has 88 valence electrons.